The molecule has 186 valence electrons. The molecule has 1 heterocycles. The number of aryl methyl sites for hydroxylation is 1. The molecule has 9 heteroatoms. The monoisotopic (exact) mass is 490 g/mol. The molecule has 0 fully saturated rings. The van der Waals surface area contributed by atoms with Crippen LogP contribution >= 0.6 is 0 Å². The highest BCUT2D eigenvalue weighted by Crippen LogP contribution is 2.36. The summed E-state index contributed by atoms with van der Waals surface area (Å²) in [6.07, 6.45) is -2.32. The predicted octanol–water partition coefficient (Wildman–Crippen LogP) is 5.44. The Hall–Kier alpha value is -3.36. The molecule has 2 aromatic carbocycles. The number of nitrogens with one attached hydrogen (secondary N) is 1. The van der Waals surface area contributed by atoms with Gasteiger partial charge in [0.2, 0.25) is 5.91 Å². The Morgan fingerprint density at radius 2 is 1.97 bits per heavy atom. The molecule has 4 rings (SSSR count). The third kappa shape index (κ3) is 5.18. The van der Waals surface area contributed by atoms with Gasteiger partial charge in [-0.25, -0.2) is 9.18 Å². The number of rotatable bonds is 7. The molecule has 0 bridgehead atoms. The van der Waals surface area contributed by atoms with E-state index in [1.54, 1.807) is 23.6 Å². The summed E-state index contributed by atoms with van der Waals surface area (Å²) < 4.78 is 54.6. The second-order valence-electron chi connectivity index (χ2n) is 8.92. The van der Waals surface area contributed by atoms with E-state index >= 15 is 0 Å². The van der Waals surface area contributed by atoms with Crippen molar-refractivity contribution in [2.45, 2.75) is 63.7 Å². The van der Waals surface area contributed by atoms with Gasteiger partial charge < -0.3 is 15.0 Å². The molecular formula is C26H26F4N2O3. The molecule has 0 radical (unpaired) electrons. The van der Waals surface area contributed by atoms with Crippen LogP contribution in [0, 0.1) is 5.82 Å². The first-order chi connectivity index (χ1) is 16.6. The molecule has 0 spiro atoms. The van der Waals surface area contributed by atoms with Gasteiger partial charge in [0.1, 0.15) is 11.9 Å². The largest absolute Gasteiger partial charge is 0.480 e. The van der Waals surface area contributed by atoms with Crippen molar-refractivity contribution in [3.63, 3.8) is 0 Å². The van der Waals surface area contributed by atoms with Gasteiger partial charge in [0.25, 0.3) is 0 Å². The summed E-state index contributed by atoms with van der Waals surface area (Å²) in [7, 11) is 0. The second kappa shape index (κ2) is 9.71. The van der Waals surface area contributed by atoms with E-state index in [1.807, 2.05) is 0 Å². The number of benzene rings is 2. The van der Waals surface area contributed by atoms with Crippen LogP contribution in [0.3, 0.4) is 0 Å². The summed E-state index contributed by atoms with van der Waals surface area (Å²) in [6, 6.07) is 8.24. The van der Waals surface area contributed by atoms with Crippen LogP contribution in [0.1, 0.15) is 54.6 Å². The number of aromatic nitrogens is 1. The number of carboxylic acid groups (broad SMARTS) is 1. The number of fused-ring (bicyclic) bond motifs is 3. The molecule has 5 nitrogen and oxygen atoms in total. The standard InChI is InChI=1S/C26H26F4N2O3/c1-2-21(25(34)35)32-22-9-7-17(27)13-19(22)20-14-18(8-10-23(20)32)31-24(33)11-6-15-4-3-5-16(12-15)26(28,29)30/h3-5,7,9,12-13,18,21H,2,6,8,10-11,14H2,1H3,(H,31,33)(H,34,35)/t18-,21?/m0/s1. The number of hydrogen-bond donors (Lipinski definition) is 2. The molecule has 0 saturated heterocycles. The van der Waals surface area contributed by atoms with Crippen LogP contribution in [0.4, 0.5) is 17.6 Å². The number of carboxylic acids is 1. The molecule has 35 heavy (non-hydrogen) atoms. The fourth-order valence-corrected chi connectivity index (χ4v) is 4.97. The summed E-state index contributed by atoms with van der Waals surface area (Å²) in [6.45, 7) is 1.79. The Morgan fingerprint density at radius 1 is 1.20 bits per heavy atom. The predicted molar refractivity (Wildman–Crippen MR) is 123 cm³/mol. The van der Waals surface area contributed by atoms with Crippen molar-refractivity contribution in [3.05, 3.63) is 70.7 Å². The van der Waals surface area contributed by atoms with E-state index in [4.69, 9.17) is 0 Å². The van der Waals surface area contributed by atoms with Crippen molar-refractivity contribution in [2.75, 3.05) is 0 Å². The lowest BCUT2D eigenvalue weighted by Gasteiger charge is -2.26. The van der Waals surface area contributed by atoms with Gasteiger partial charge in [-0.1, -0.05) is 25.1 Å². The molecule has 2 atom stereocenters. The van der Waals surface area contributed by atoms with Crippen LogP contribution in [0.25, 0.3) is 10.9 Å². The molecule has 1 amide bonds. The van der Waals surface area contributed by atoms with Gasteiger partial charge in [-0.3, -0.25) is 4.79 Å². The molecule has 1 aliphatic rings. The van der Waals surface area contributed by atoms with Crippen molar-refractivity contribution in [1.82, 2.24) is 9.88 Å². The summed E-state index contributed by atoms with van der Waals surface area (Å²) in [4.78, 5) is 24.5. The molecule has 1 aromatic heterocycles. The lowest BCUT2D eigenvalue weighted by Crippen LogP contribution is -2.39. The van der Waals surface area contributed by atoms with Crippen molar-refractivity contribution in [3.8, 4) is 0 Å². The van der Waals surface area contributed by atoms with Crippen molar-refractivity contribution in [1.29, 1.82) is 0 Å². The maximum absolute atomic E-state index is 14.1. The number of halogens is 4. The maximum Gasteiger partial charge on any atom is 0.416 e. The highest BCUT2D eigenvalue weighted by molar-refractivity contribution is 5.88. The molecule has 2 N–H and O–H groups in total. The Bertz CT molecular complexity index is 1270. The molecule has 1 unspecified atom stereocenters. The highest BCUT2D eigenvalue weighted by Gasteiger charge is 2.32. The number of nitrogens with zero attached hydrogens (tertiary/aromatic N) is 1. The van der Waals surface area contributed by atoms with Crippen LogP contribution in [-0.2, 0) is 35.0 Å². The minimum Gasteiger partial charge on any atom is -0.480 e. The number of carbonyl (C=O) groups is 2. The number of amides is 1. The zero-order valence-corrected chi connectivity index (χ0v) is 19.2. The van der Waals surface area contributed by atoms with Gasteiger partial charge >= 0.3 is 12.1 Å². The summed E-state index contributed by atoms with van der Waals surface area (Å²) >= 11 is 0. The van der Waals surface area contributed by atoms with E-state index < -0.39 is 29.6 Å². The molecule has 0 saturated carbocycles. The van der Waals surface area contributed by atoms with E-state index in [0.717, 1.165) is 23.4 Å². The van der Waals surface area contributed by atoms with Crippen LogP contribution in [-0.4, -0.2) is 27.6 Å². The van der Waals surface area contributed by atoms with E-state index in [0.29, 0.717) is 42.1 Å². The number of carbonyl (C=O) groups excluding carboxylic acids is 1. The minimum absolute atomic E-state index is 0.0397. The van der Waals surface area contributed by atoms with Gasteiger partial charge in [-0.15, -0.1) is 0 Å². The smallest absolute Gasteiger partial charge is 0.416 e. The van der Waals surface area contributed by atoms with Gasteiger partial charge in [0, 0.05) is 29.1 Å². The SMILES string of the molecule is CCC(C(=O)O)n1c2c(c3cc(F)ccc31)C[C@@H](NC(=O)CCc1cccc(C(F)(F)F)c1)CC2. The van der Waals surface area contributed by atoms with Crippen molar-refractivity contribution >= 4 is 22.8 Å². The van der Waals surface area contributed by atoms with Gasteiger partial charge in [-0.2, -0.15) is 13.2 Å². The van der Waals surface area contributed by atoms with E-state index in [2.05, 4.69) is 5.32 Å². The van der Waals surface area contributed by atoms with Crippen molar-refractivity contribution in [2.24, 2.45) is 0 Å². The van der Waals surface area contributed by atoms with E-state index in [1.165, 1.54) is 18.2 Å². The maximum atomic E-state index is 14.1. The molecule has 0 aliphatic heterocycles. The van der Waals surface area contributed by atoms with Gasteiger partial charge in [0.05, 0.1) is 5.56 Å². The topological polar surface area (TPSA) is 71.3 Å². The average molecular weight is 490 g/mol. The summed E-state index contributed by atoms with van der Waals surface area (Å²) in [5.74, 6) is -1.66. The van der Waals surface area contributed by atoms with Crippen LogP contribution < -0.4 is 5.32 Å². The fraction of sp³-hybridized carbons (Fsp3) is 0.385. The zero-order valence-electron chi connectivity index (χ0n) is 19.2. The minimum atomic E-state index is -4.44. The lowest BCUT2D eigenvalue weighted by atomic mass is 9.91. The normalized spacial score (nSPS) is 16.7. The van der Waals surface area contributed by atoms with Crippen molar-refractivity contribution < 1.29 is 32.3 Å². The Labute approximate surface area is 199 Å². The van der Waals surface area contributed by atoms with E-state index in [-0.39, 0.29) is 24.8 Å². The zero-order chi connectivity index (χ0) is 25.3. The lowest BCUT2D eigenvalue weighted by molar-refractivity contribution is -0.141. The number of hydrogen-bond acceptors (Lipinski definition) is 2. The number of aliphatic carboxylic acids is 1. The third-order valence-electron chi connectivity index (χ3n) is 6.61. The first-order valence-electron chi connectivity index (χ1n) is 11.6. The third-order valence-corrected chi connectivity index (χ3v) is 6.61. The highest BCUT2D eigenvalue weighted by atomic mass is 19.4. The van der Waals surface area contributed by atoms with E-state index in [9.17, 15) is 32.3 Å². The van der Waals surface area contributed by atoms with Crippen LogP contribution in [0.2, 0.25) is 0 Å². The quantitative estimate of drug-likeness (QED) is 0.433. The first kappa shape index (κ1) is 24.8. The molecular weight excluding hydrogens is 464 g/mol. The molecule has 3 aromatic rings. The Kier molecular flexibility index (Phi) is 6.87. The molecule has 1 aliphatic carbocycles. The van der Waals surface area contributed by atoms with Gasteiger partial charge in [-0.05, 0) is 67.5 Å². The first-order valence-corrected chi connectivity index (χ1v) is 11.6. The van der Waals surface area contributed by atoms with Crippen LogP contribution in [0.15, 0.2) is 42.5 Å². The Balaban J connectivity index is 1.50. The Morgan fingerprint density at radius 3 is 2.66 bits per heavy atom. The fourth-order valence-electron chi connectivity index (χ4n) is 4.97. The number of alkyl halides is 3. The van der Waals surface area contributed by atoms with Crippen LogP contribution in [0.5, 0.6) is 0 Å². The summed E-state index contributed by atoms with van der Waals surface area (Å²) in [5.41, 5.74) is 2.01. The van der Waals surface area contributed by atoms with Gasteiger partial charge in [0.15, 0.2) is 0 Å². The summed E-state index contributed by atoms with van der Waals surface area (Å²) in [5, 5.41) is 13.3. The average Bonchev–Trinajstić information content (AvgIpc) is 3.10. The second-order valence-corrected chi connectivity index (χ2v) is 8.92.